The number of carbonyl (C=O) groups excluding carboxylic acids is 1. The zero-order valence-corrected chi connectivity index (χ0v) is 6.53. The molecule has 0 atom stereocenters. The van der Waals surface area contributed by atoms with Crippen molar-refractivity contribution in [2.24, 2.45) is 5.10 Å². The Kier molecular flexibility index (Phi) is 2.86. The maximum absolute atomic E-state index is 10.9. The average Bonchev–Trinajstić information content (AvgIpc) is 2.30. The van der Waals surface area contributed by atoms with Crippen molar-refractivity contribution in [1.82, 2.24) is 5.01 Å². The molecule has 0 bridgehead atoms. The van der Waals surface area contributed by atoms with E-state index in [-0.39, 0.29) is 11.8 Å². The van der Waals surface area contributed by atoms with Crippen LogP contribution in [0.4, 0.5) is 0 Å². The van der Waals surface area contributed by atoms with Crippen molar-refractivity contribution in [3.05, 3.63) is 24.4 Å². The maximum atomic E-state index is 10.9. The molecule has 0 spiro atoms. The molecule has 0 saturated heterocycles. The van der Waals surface area contributed by atoms with Gasteiger partial charge in [-0.2, -0.15) is 5.10 Å². The molecule has 0 aromatic rings. The van der Waals surface area contributed by atoms with Gasteiger partial charge in [-0.15, -0.1) is 11.6 Å². The molecule has 0 aliphatic carbocycles. The highest BCUT2D eigenvalue weighted by molar-refractivity contribution is 6.27. The Morgan fingerprint density at radius 1 is 1.45 bits per heavy atom. The first-order valence-electron chi connectivity index (χ1n) is 3.10. The largest absolute Gasteiger partial charge is 0.271 e. The van der Waals surface area contributed by atoms with E-state index in [2.05, 4.69) is 5.10 Å². The van der Waals surface area contributed by atoms with E-state index in [0.29, 0.717) is 0 Å². The number of hydrogen-bond acceptors (Lipinski definition) is 2. The molecule has 1 rings (SSSR count). The molecule has 1 amide bonds. The molecule has 4 heteroatoms. The van der Waals surface area contributed by atoms with Crippen molar-refractivity contribution in [2.45, 2.75) is 0 Å². The SMILES string of the molecule is O=C(CCl)N1C=CC=CC=N1. The molecule has 11 heavy (non-hydrogen) atoms. The Hall–Kier alpha value is -1.09. The highest BCUT2D eigenvalue weighted by Gasteiger charge is 2.06. The highest BCUT2D eigenvalue weighted by Crippen LogP contribution is 1.97. The van der Waals surface area contributed by atoms with Crippen LogP contribution in [0.5, 0.6) is 0 Å². The normalized spacial score (nSPS) is 15.2. The predicted octanol–water partition coefficient (Wildman–Crippen LogP) is 1.12. The second kappa shape index (κ2) is 3.93. The topological polar surface area (TPSA) is 32.7 Å². The first-order chi connectivity index (χ1) is 5.34. The molecular weight excluding hydrogens is 164 g/mol. The molecule has 0 radical (unpaired) electrons. The van der Waals surface area contributed by atoms with Gasteiger partial charge in [0.05, 0.1) is 0 Å². The Morgan fingerprint density at radius 2 is 2.27 bits per heavy atom. The van der Waals surface area contributed by atoms with Gasteiger partial charge in [0.25, 0.3) is 5.91 Å². The standard InChI is InChI=1S/C7H7ClN2O/c8-6-7(11)10-5-3-1-2-4-9-10/h1-5H,6H2. The van der Waals surface area contributed by atoms with Crippen molar-refractivity contribution in [2.75, 3.05) is 5.88 Å². The van der Waals surface area contributed by atoms with Gasteiger partial charge in [-0.3, -0.25) is 4.79 Å². The van der Waals surface area contributed by atoms with Crippen LogP contribution >= 0.6 is 11.6 Å². The van der Waals surface area contributed by atoms with Crippen LogP contribution in [0.15, 0.2) is 29.5 Å². The lowest BCUT2D eigenvalue weighted by Crippen LogP contribution is -2.20. The second-order valence-electron chi connectivity index (χ2n) is 1.86. The molecule has 58 valence electrons. The quantitative estimate of drug-likeness (QED) is 0.543. The van der Waals surface area contributed by atoms with E-state index in [9.17, 15) is 4.79 Å². The molecule has 0 aromatic carbocycles. The Bertz CT molecular complexity index is 217. The summed E-state index contributed by atoms with van der Waals surface area (Å²) in [6.07, 6.45) is 8.33. The number of amides is 1. The van der Waals surface area contributed by atoms with Crippen LogP contribution < -0.4 is 0 Å². The lowest BCUT2D eigenvalue weighted by molar-refractivity contribution is -0.125. The summed E-state index contributed by atoms with van der Waals surface area (Å²) in [5.41, 5.74) is 0. The number of halogens is 1. The number of rotatable bonds is 1. The zero-order chi connectivity index (χ0) is 8.10. The van der Waals surface area contributed by atoms with E-state index in [4.69, 9.17) is 11.6 Å². The van der Waals surface area contributed by atoms with Crippen molar-refractivity contribution in [3.63, 3.8) is 0 Å². The third-order valence-electron chi connectivity index (χ3n) is 1.10. The molecule has 1 aliphatic heterocycles. The van der Waals surface area contributed by atoms with Crippen LogP contribution in [0.25, 0.3) is 0 Å². The van der Waals surface area contributed by atoms with E-state index >= 15 is 0 Å². The smallest absolute Gasteiger partial charge is 0.261 e. The van der Waals surface area contributed by atoms with Crippen molar-refractivity contribution >= 4 is 23.7 Å². The minimum atomic E-state index is -0.233. The zero-order valence-electron chi connectivity index (χ0n) is 5.77. The predicted molar refractivity (Wildman–Crippen MR) is 44.3 cm³/mol. The van der Waals surface area contributed by atoms with Gasteiger partial charge in [0.2, 0.25) is 0 Å². The summed E-state index contributed by atoms with van der Waals surface area (Å²) in [6.45, 7) is 0. The third kappa shape index (κ3) is 2.20. The van der Waals surface area contributed by atoms with Gasteiger partial charge in [-0.05, 0) is 12.2 Å². The van der Waals surface area contributed by atoms with Gasteiger partial charge in [0, 0.05) is 12.4 Å². The summed E-state index contributed by atoms with van der Waals surface area (Å²) in [4.78, 5) is 10.9. The van der Waals surface area contributed by atoms with Gasteiger partial charge in [0.15, 0.2) is 0 Å². The molecule has 1 aliphatic rings. The summed E-state index contributed by atoms with van der Waals surface area (Å²) in [6, 6.07) is 0. The van der Waals surface area contributed by atoms with Crippen LogP contribution in [0.1, 0.15) is 0 Å². The summed E-state index contributed by atoms with van der Waals surface area (Å²) >= 11 is 5.32. The van der Waals surface area contributed by atoms with Gasteiger partial charge >= 0.3 is 0 Å². The van der Waals surface area contributed by atoms with E-state index < -0.39 is 0 Å². The van der Waals surface area contributed by atoms with Crippen LogP contribution in [0.3, 0.4) is 0 Å². The summed E-state index contributed by atoms with van der Waals surface area (Å²) in [7, 11) is 0. The number of hydrazone groups is 1. The van der Waals surface area contributed by atoms with Crippen LogP contribution in [-0.4, -0.2) is 23.0 Å². The fraction of sp³-hybridized carbons (Fsp3) is 0.143. The van der Waals surface area contributed by atoms with E-state index in [0.717, 1.165) is 0 Å². The first kappa shape index (κ1) is 8.01. The highest BCUT2D eigenvalue weighted by atomic mass is 35.5. The molecule has 0 N–H and O–H groups in total. The monoisotopic (exact) mass is 170 g/mol. The van der Waals surface area contributed by atoms with Gasteiger partial charge in [-0.1, -0.05) is 6.08 Å². The lowest BCUT2D eigenvalue weighted by Gasteiger charge is -2.07. The number of hydrogen-bond donors (Lipinski definition) is 0. The van der Waals surface area contributed by atoms with Gasteiger partial charge in [-0.25, -0.2) is 5.01 Å². The van der Waals surface area contributed by atoms with Crippen molar-refractivity contribution in [1.29, 1.82) is 0 Å². The second-order valence-corrected chi connectivity index (χ2v) is 2.13. The number of nitrogens with zero attached hydrogens (tertiary/aromatic N) is 2. The number of carbonyl (C=O) groups is 1. The minimum Gasteiger partial charge on any atom is -0.271 e. The van der Waals surface area contributed by atoms with Gasteiger partial charge in [0.1, 0.15) is 5.88 Å². The summed E-state index contributed by atoms with van der Waals surface area (Å²) in [5.74, 6) is -0.287. The van der Waals surface area contributed by atoms with E-state index in [1.807, 2.05) is 0 Å². The lowest BCUT2D eigenvalue weighted by atomic mass is 10.5. The Morgan fingerprint density at radius 3 is 3.00 bits per heavy atom. The van der Waals surface area contributed by atoms with E-state index in [1.165, 1.54) is 11.2 Å². The fourth-order valence-electron chi connectivity index (χ4n) is 0.603. The summed E-state index contributed by atoms with van der Waals surface area (Å²) in [5, 5.41) is 5.00. The van der Waals surface area contributed by atoms with Crippen molar-refractivity contribution in [3.8, 4) is 0 Å². The molecule has 0 unspecified atom stereocenters. The van der Waals surface area contributed by atoms with Crippen LogP contribution in [0.2, 0.25) is 0 Å². The van der Waals surface area contributed by atoms with E-state index in [1.54, 1.807) is 24.4 Å². The average molecular weight is 171 g/mol. The molecule has 0 fully saturated rings. The maximum Gasteiger partial charge on any atom is 0.261 e. The molecular formula is C7H7ClN2O. The van der Waals surface area contributed by atoms with Crippen LogP contribution in [-0.2, 0) is 4.79 Å². The van der Waals surface area contributed by atoms with Gasteiger partial charge < -0.3 is 0 Å². The first-order valence-corrected chi connectivity index (χ1v) is 3.63. The van der Waals surface area contributed by atoms with Crippen LogP contribution in [0, 0.1) is 0 Å². The number of allylic oxidation sites excluding steroid dienone is 3. The Balaban J connectivity index is 2.67. The fourth-order valence-corrected chi connectivity index (χ4v) is 0.725. The third-order valence-corrected chi connectivity index (χ3v) is 1.33. The Labute approximate surface area is 69.6 Å². The minimum absolute atomic E-state index is 0.0539. The molecule has 0 saturated carbocycles. The van der Waals surface area contributed by atoms with Crippen molar-refractivity contribution < 1.29 is 4.79 Å². The number of alkyl halides is 1. The summed E-state index contributed by atoms with van der Waals surface area (Å²) < 4.78 is 0. The molecule has 3 nitrogen and oxygen atoms in total. The molecule has 1 heterocycles. The molecule has 0 aromatic heterocycles.